The second kappa shape index (κ2) is 7.11. The van der Waals surface area contributed by atoms with Gasteiger partial charge in [-0.1, -0.05) is 49.0 Å². The monoisotopic (exact) mass is 264 g/mol. The van der Waals surface area contributed by atoms with Crippen molar-refractivity contribution >= 4 is 23.1 Å². The lowest BCUT2D eigenvalue weighted by Gasteiger charge is -2.15. The molecule has 18 heavy (non-hydrogen) atoms. The summed E-state index contributed by atoms with van der Waals surface area (Å²) in [5.41, 5.74) is 7.93. The van der Waals surface area contributed by atoms with Crippen LogP contribution >= 0.6 is 12.2 Å². The smallest absolute Gasteiger partial charge is 0.220 e. The first-order valence-electron chi connectivity index (χ1n) is 6.17. The Balaban J connectivity index is 2.41. The number of aryl methyl sites for hydroxylation is 2. The molecule has 3 N–H and O–H groups in total. The molecule has 0 saturated heterocycles. The van der Waals surface area contributed by atoms with Gasteiger partial charge in [-0.15, -0.1) is 0 Å². The normalized spacial score (nSPS) is 11.9. The predicted octanol–water partition coefficient (Wildman–Crippen LogP) is 2.11. The highest BCUT2D eigenvalue weighted by molar-refractivity contribution is 7.80. The van der Waals surface area contributed by atoms with Crippen LogP contribution in [0.2, 0.25) is 0 Å². The number of carbonyl (C=O) groups is 1. The van der Waals surface area contributed by atoms with Crippen molar-refractivity contribution in [1.29, 1.82) is 0 Å². The number of thiocarbonyl (C=S) groups is 1. The van der Waals surface area contributed by atoms with Gasteiger partial charge in [-0.25, -0.2) is 0 Å². The van der Waals surface area contributed by atoms with Gasteiger partial charge in [0, 0.05) is 6.42 Å². The highest BCUT2D eigenvalue weighted by Gasteiger charge is 2.12. The highest BCUT2D eigenvalue weighted by atomic mass is 32.1. The molecule has 0 radical (unpaired) electrons. The molecule has 1 aromatic carbocycles. The van der Waals surface area contributed by atoms with E-state index in [-0.39, 0.29) is 11.9 Å². The van der Waals surface area contributed by atoms with E-state index in [2.05, 4.69) is 17.4 Å². The van der Waals surface area contributed by atoms with Crippen molar-refractivity contribution < 1.29 is 4.79 Å². The summed E-state index contributed by atoms with van der Waals surface area (Å²) in [6.07, 6.45) is 1.92. The minimum Gasteiger partial charge on any atom is -0.392 e. The van der Waals surface area contributed by atoms with Crippen molar-refractivity contribution in [3.8, 4) is 0 Å². The fourth-order valence-corrected chi connectivity index (χ4v) is 1.88. The molecule has 0 aliphatic rings. The van der Waals surface area contributed by atoms with Gasteiger partial charge < -0.3 is 11.1 Å². The van der Waals surface area contributed by atoms with Gasteiger partial charge in [-0.2, -0.15) is 0 Å². The standard InChI is InChI=1S/C14H20N2OS/c1-3-12(14(15)18)16-13(17)9-8-11-6-4-10(2)5-7-11/h4-7,12H,3,8-9H2,1-2H3,(H2,15,18)(H,16,17). The summed E-state index contributed by atoms with van der Waals surface area (Å²) in [6.45, 7) is 3.99. The van der Waals surface area contributed by atoms with Crippen LogP contribution in [-0.4, -0.2) is 16.9 Å². The maximum absolute atomic E-state index is 11.7. The Hall–Kier alpha value is -1.42. The largest absolute Gasteiger partial charge is 0.392 e. The average molecular weight is 264 g/mol. The topological polar surface area (TPSA) is 55.1 Å². The molecule has 0 aromatic heterocycles. The predicted molar refractivity (Wildman–Crippen MR) is 78.5 cm³/mol. The lowest BCUT2D eigenvalue weighted by Crippen LogP contribution is -2.43. The van der Waals surface area contributed by atoms with E-state index in [0.717, 1.165) is 12.8 Å². The number of amides is 1. The second-order valence-corrected chi connectivity index (χ2v) is 4.89. The van der Waals surface area contributed by atoms with Crippen molar-refractivity contribution in [3.63, 3.8) is 0 Å². The fraction of sp³-hybridized carbons (Fsp3) is 0.429. The Morgan fingerprint density at radius 1 is 1.39 bits per heavy atom. The first-order valence-corrected chi connectivity index (χ1v) is 6.58. The number of benzene rings is 1. The SMILES string of the molecule is CCC(NC(=O)CCc1ccc(C)cc1)C(N)=S. The Labute approximate surface area is 114 Å². The van der Waals surface area contributed by atoms with E-state index < -0.39 is 0 Å². The summed E-state index contributed by atoms with van der Waals surface area (Å²) >= 11 is 4.89. The van der Waals surface area contributed by atoms with E-state index in [1.54, 1.807) is 0 Å². The molecule has 4 heteroatoms. The Bertz CT molecular complexity index is 414. The lowest BCUT2D eigenvalue weighted by molar-refractivity contribution is -0.121. The molecular weight excluding hydrogens is 244 g/mol. The van der Waals surface area contributed by atoms with Crippen molar-refractivity contribution in [2.24, 2.45) is 5.73 Å². The summed E-state index contributed by atoms with van der Waals surface area (Å²) < 4.78 is 0. The van der Waals surface area contributed by atoms with Gasteiger partial charge in [0.2, 0.25) is 5.91 Å². The van der Waals surface area contributed by atoms with Crippen molar-refractivity contribution in [2.75, 3.05) is 0 Å². The van der Waals surface area contributed by atoms with E-state index in [9.17, 15) is 4.79 Å². The Morgan fingerprint density at radius 2 is 2.00 bits per heavy atom. The number of nitrogens with two attached hydrogens (primary N) is 1. The molecular formula is C14H20N2OS. The summed E-state index contributed by atoms with van der Waals surface area (Å²) in [6, 6.07) is 8.01. The van der Waals surface area contributed by atoms with Gasteiger partial charge in [0.05, 0.1) is 11.0 Å². The van der Waals surface area contributed by atoms with Crippen LogP contribution in [0.3, 0.4) is 0 Å². The van der Waals surface area contributed by atoms with E-state index in [0.29, 0.717) is 11.4 Å². The number of rotatable bonds is 6. The van der Waals surface area contributed by atoms with Crippen LogP contribution in [0.15, 0.2) is 24.3 Å². The third kappa shape index (κ3) is 4.84. The zero-order valence-corrected chi connectivity index (χ0v) is 11.7. The van der Waals surface area contributed by atoms with Crippen LogP contribution in [0.1, 0.15) is 30.9 Å². The summed E-state index contributed by atoms with van der Waals surface area (Å²) in [7, 11) is 0. The molecule has 0 spiro atoms. The van der Waals surface area contributed by atoms with Gasteiger partial charge in [-0.3, -0.25) is 4.79 Å². The quantitative estimate of drug-likeness (QED) is 0.774. The van der Waals surface area contributed by atoms with Gasteiger partial charge in [0.1, 0.15) is 0 Å². The first-order chi connectivity index (χ1) is 8.52. The second-order valence-electron chi connectivity index (χ2n) is 4.42. The van der Waals surface area contributed by atoms with Crippen LogP contribution in [-0.2, 0) is 11.2 Å². The third-order valence-corrected chi connectivity index (χ3v) is 3.13. The molecule has 1 rings (SSSR count). The van der Waals surface area contributed by atoms with E-state index >= 15 is 0 Å². The fourth-order valence-electron chi connectivity index (χ4n) is 1.65. The molecule has 0 bridgehead atoms. The third-order valence-electron chi connectivity index (χ3n) is 2.85. The lowest BCUT2D eigenvalue weighted by atomic mass is 10.1. The molecule has 1 atom stereocenters. The van der Waals surface area contributed by atoms with Crippen LogP contribution in [0.5, 0.6) is 0 Å². The average Bonchev–Trinajstić information content (AvgIpc) is 2.35. The molecule has 98 valence electrons. The molecule has 0 aliphatic heterocycles. The molecule has 1 unspecified atom stereocenters. The van der Waals surface area contributed by atoms with Gasteiger partial charge in [-0.05, 0) is 25.3 Å². The summed E-state index contributed by atoms with van der Waals surface area (Å²) in [4.78, 5) is 12.1. The van der Waals surface area contributed by atoms with Crippen LogP contribution in [0, 0.1) is 6.92 Å². The number of hydrogen-bond acceptors (Lipinski definition) is 2. The van der Waals surface area contributed by atoms with Gasteiger partial charge in [0.15, 0.2) is 0 Å². The highest BCUT2D eigenvalue weighted by Crippen LogP contribution is 2.06. The van der Waals surface area contributed by atoms with Crippen molar-refractivity contribution in [2.45, 2.75) is 39.2 Å². The molecule has 0 aliphatic carbocycles. The van der Waals surface area contributed by atoms with Crippen LogP contribution < -0.4 is 11.1 Å². The molecule has 0 saturated carbocycles. The number of hydrogen-bond donors (Lipinski definition) is 2. The Kier molecular flexibility index (Phi) is 5.78. The summed E-state index contributed by atoms with van der Waals surface area (Å²) in [5.74, 6) is -0.00442. The van der Waals surface area contributed by atoms with Crippen molar-refractivity contribution in [1.82, 2.24) is 5.32 Å². The first kappa shape index (κ1) is 14.6. The van der Waals surface area contributed by atoms with Crippen LogP contribution in [0.25, 0.3) is 0 Å². The number of carbonyl (C=O) groups excluding carboxylic acids is 1. The van der Waals surface area contributed by atoms with Crippen molar-refractivity contribution in [3.05, 3.63) is 35.4 Å². The molecule has 0 fully saturated rings. The minimum atomic E-state index is -0.189. The van der Waals surface area contributed by atoms with Gasteiger partial charge in [0.25, 0.3) is 0 Å². The Morgan fingerprint density at radius 3 is 2.50 bits per heavy atom. The molecule has 3 nitrogen and oxygen atoms in total. The molecule has 1 aromatic rings. The van der Waals surface area contributed by atoms with Gasteiger partial charge >= 0.3 is 0 Å². The van der Waals surface area contributed by atoms with Crippen LogP contribution in [0.4, 0.5) is 0 Å². The maximum Gasteiger partial charge on any atom is 0.220 e. The van der Waals surface area contributed by atoms with E-state index in [4.69, 9.17) is 18.0 Å². The number of nitrogens with one attached hydrogen (secondary N) is 1. The molecule has 1 amide bonds. The zero-order chi connectivity index (χ0) is 13.5. The summed E-state index contributed by atoms with van der Waals surface area (Å²) in [5, 5.41) is 2.84. The van der Waals surface area contributed by atoms with E-state index in [1.165, 1.54) is 11.1 Å². The molecule has 0 heterocycles. The minimum absolute atomic E-state index is 0.00442. The maximum atomic E-state index is 11.7. The zero-order valence-electron chi connectivity index (χ0n) is 10.9. The van der Waals surface area contributed by atoms with E-state index in [1.807, 2.05) is 26.0 Å².